The number of hydrogen-bond donors (Lipinski definition) is 0. The van der Waals surface area contributed by atoms with Gasteiger partial charge in [0, 0.05) is 17.5 Å². The molecule has 0 N–H and O–H groups in total. The van der Waals surface area contributed by atoms with Gasteiger partial charge in [-0.25, -0.2) is 4.98 Å². The minimum atomic E-state index is 0.0627. The van der Waals surface area contributed by atoms with Crippen LogP contribution in [0.5, 0.6) is 5.75 Å². The van der Waals surface area contributed by atoms with E-state index in [1.165, 1.54) is 11.1 Å². The lowest BCUT2D eigenvalue weighted by atomic mass is 10.1. The van der Waals surface area contributed by atoms with Crippen LogP contribution in [0, 0.1) is 6.92 Å². The lowest BCUT2D eigenvalue weighted by molar-refractivity contribution is 0.0178. The van der Waals surface area contributed by atoms with Gasteiger partial charge in [0.2, 0.25) is 0 Å². The molecule has 4 rings (SSSR count). The van der Waals surface area contributed by atoms with Gasteiger partial charge in [0.25, 0.3) is 5.91 Å². The molecule has 1 fully saturated rings. The van der Waals surface area contributed by atoms with Gasteiger partial charge in [0.05, 0.1) is 18.1 Å². The number of nitrogens with zero attached hydrogens (tertiary/aromatic N) is 2. The van der Waals surface area contributed by atoms with Gasteiger partial charge in [-0.15, -0.1) is 11.8 Å². The number of rotatable bonds is 6. The normalized spacial score (nSPS) is 13.8. The lowest BCUT2D eigenvalue weighted by Gasteiger charge is -2.39. The molecular formula is C23H22N2O2S. The Labute approximate surface area is 169 Å². The summed E-state index contributed by atoms with van der Waals surface area (Å²) in [6.45, 7) is 3.31. The Balaban J connectivity index is 1.26. The van der Waals surface area contributed by atoms with E-state index in [1.807, 2.05) is 71.6 Å². The van der Waals surface area contributed by atoms with Crippen molar-refractivity contribution in [1.82, 2.24) is 9.88 Å². The molecule has 1 aliphatic heterocycles. The zero-order valence-electron chi connectivity index (χ0n) is 15.7. The standard InChI is InChI=1S/C23H22N2O2S/c1-17-5-11-20(12-6-17)27-21-14-25(15-21)23(26)19-9-7-18(8-10-19)16-28-22-4-2-3-13-24-22/h2-13,21H,14-16H2,1H3. The van der Waals surface area contributed by atoms with E-state index < -0.39 is 0 Å². The van der Waals surface area contributed by atoms with Crippen LogP contribution < -0.4 is 4.74 Å². The fraction of sp³-hybridized carbons (Fsp3) is 0.217. The number of thioether (sulfide) groups is 1. The third-order valence-electron chi connectivity index (χ3n) is 4.68. The first-order valence-corrected chi connectivity index (χ1v) is 10.3. The number of carbonyl (C=O) groups is 1. The van der Waals surface area contributed by atoms with E-state index in [-0.39, 0.29) is 12.0 Å². The van der Waals surface area contributed by atoms with Crippen LogP contribution in [0.1, 0.15) is 21.5 Å². The van der Waals surface area contributed by atoms with Crippen LogP contribution in [0.15, 0.2) is 78.0 Å². The van der Waals surface area contributed by atoms with Crippen molar-refractivity contribution in [2.24, 2.45) is 0 Å². The van der Waals surface area contributed by atoms with Crippen molar-refractivity contribution in [1.29, 1.82) is 0 Å². The number of likely N-dealkylation sites (tertiary alicyclic amines) is 1. The van der Waals surface area contributed by atoms with Crippen LogP contribution >= 0.6 is 11.8 Å². The molecule has 5 heteroatoms. The second kappa shape index (κ2) is 8.48. The monoisotopic (exact) mass is 390 g/mol. The lowest BCUT2D eigenvalue weighted by Crippen LogP contribution is -2.56. The zero-order valence-corrected chi connectivity index (χ0v) is 16.6. The number of aromatic nitrogens is 1. The van der Waals surface area contributed by atoms with Gasteiger partial charge in [-0.2, -0.15) is 0 Å². The van der Waals surface area contributed by atoms with Crippen molar-refractivity contribution in [3.63, 3.8) is 0 Å². The van der Waals surface area contributed by atoms with Gasteiger partial charge < -0.3 is 9.64 Å². The summed E-state index contributed by atoms with van der Waals surface area (Å²) in [6, 6.07) is 21.8. The van der Waals surface area contributed by atoms with Crippen LogP contribution in [-0.4, -0.2) is 35.0 Å². The van der Waals surface area contributed by atoms with E-state index in [4.69, 9.17) is 4.74 Å². The summed E-state index contributed by atoms with van der Waals surface area (Å²) >= 11 is 1.69. The van der Waals surface area contributed by atoms with Gasteiger partial charge >= 0.3 is 0 Å². The summed E-state index contributed by atoms with van der Waals surface area (Å²) in [5.74, 6) is 1.76. The minimum absolute atomic E-state index is 0.0627. The first kappa shape index (κ1) is 18.6. The van der Waals surface area contributed by atoms with Crippen molar-refractivity contribution >= 4 is 17.7 Å². The molecule has 1 saturated heterocycles. The number of carbonyl (C=O) groups excluding carboxylic acids is 1. The summed E-state index contributed by atoms with van der Waals surface area (Å²) in [7, 11) is 0. The van der Waals surface area contributed by atoms with Crippen LogP contribution in [-0.2, 0) is 5.75 Å². The molecule has 1 amide bonds. The fourth-order valence-electron chi connectivity index (χ4n) is 3.00. The van der Waals surface area contributed by atoms with Crippen LogP contribution in [0.3, 0.4) is 0 Å². The molecule has 1 aromatic heterocycles. The molecular weight excluding hydrogens is 368 g/mol. The van der Waals surface area contributed by atoms with E-state index in [0.717, 1.165) is 22.1 Å². The number of benzene rings is 2. The van der Waals surface area contributed by atoms with Crippen LogP contribution in [0.2, 0.25) is 0 Å². The highest BCUT2D eigenvalue weighted by molar-refractivity contribution is 7.98. The second-order valence-corrected chi connectivity index (χ2v) is 7.91. The number of aryl methyl sites for hydroxylation is 1. The van der Waals surface area contributed by atoms with E-state index in [2.05, 4.69) is 11.9 Å². The Kier molecular flexibility index (Phi) is 5.63. The first-order valence-electron chi connectivity index (χ1n) is 9.33. The van der Waals surface area contributed by atoms with Gasteiger partial charge in [-0.3, -0.25) is 4.79 Å². The summed E-state index contributed by atoms with van der Waals surface area (Å²) in [5.41, 5.74) is 3.11. The summed E-state index contributed by atoms with van der Waals surface area (Å²) in [4.78, 5) is 18.8. The molecule has 0 unspecified atom stereocenters. The Hall–Kier alpha value is -2.79. The van der Waals surface area contributed by atoms with Gasteiger partial charge in [-0.05, 0) is 48.9 Å². The fourth-order valence-corrected chi connectivity index (χ4v) is 3.82. The Morgan fingerprint density at radius 2 is 1.82 bits per heavy atom. The first-order chi connectivity index (χ1) is 13.7. The molecule has 142 valence electrons. The van der Waals surface area contributed by atoms with Crippen molar-refractivity contribution < 1.29 is 9.53 Å². The molecule has 0 spiro atoms. The molecule has 3 aromatic rings. The highest BCUT2D eigenvalue weighted by atomic mass is 32.2. The average molecular weight is 391 g/mol. The summed E-state index contributed by atoms with van der Waals surface area (Å²) < 4.78 is 5.91. The number of pyridine rings is 1. The zero-order chi connectivity index (χ0) is 19.3. The number of amides is 1. The summed E-state index contributed by atoms with van der Waals surface area (Å²) in [5, 5.41) is 1.00. The maximum absolute atomic E-state index is 12.6. The molecule has 4 nitrogen and oxygen atoms in total. The van der Waals surface area contributed by atoms with Crippen molar-refractivity contribution in [2.45, 2.75) is 23.8 Å². The molecule has 0 atom stereocenters. The van der Waals surface area contributed by atoms with Crippen molar-refractivity contribution in [2.75, 3.05) is 13.1 Å². The Bertz CT molecular complexity index is 921. The molecule has 0 radical (unpaired) electrons. The van der Waals surface area contributed by atoms with Crippen molar-refractivity contribution in [3.8, 4) is 5.75 Å². The van der Waals surface area contributed by atoms with E-state index in [1.54, 1.807) is 18.0 Å². The molecule has 2 heterocycles. The van der Waals surface area contributed by atoms with Gasteiger partial charge in [-0.1, -0.05) is 35.9 Å². The number of ether oxygens (including phenoxy) is 1. The minimum Gasteiger partial charge on any atom is -0.487 e. The molecule has 0 saturated carbocycles. The molecule has 0 bridgehead atoms. The van der Waals surface area contributed by atoms with Gasteiger partial charge in [0.1, 0.15) is 11.9 Å². The van der Waals surface area contributed by atoms with Crippen molar-refractivity contribution in [3.05, 3.63) is 89.6 Å². The largest absolute Gasteiger partial charge is 0.487 e. The highest BCUT2D eigenvalue weighted by Gasteiger charge is 2.32. The van der Waals surface area contributed by atoms with Crippen LogP contribution in [0.4, 0.5) is 0 Å². The molecule has 1 aliphatic rings. The average Bonchev–Trinajstić information content (AvgIpc) is 2.71. The predicted octanol–water partition coefficient (Wildman–Crippen LogP) is 4.59. The Morgan fingerprint density at radius 3 is 2.50 bits per heavy atom. The molecule has 0 aliphatic carbocycles. The topological polar surface area (TPSA) is 42.4 Å². The SMILES string of the molecule is Cc1ccc(OC2CN(C(=O)c3ccc(CSc4ccccn4)cc3)C2)cc1. The van der Waals surface area contributed by atoms with E-state index in [0.29, 0.717) is 13.1 Å². The smallest absolute Gasteiger partial charge is 0.254 e. The molecule has 2 aromatic carbocycles. The third-order valence-corrected chi connectivity index (χ3v) is 5.70. The maximum atomic E-state index is 12.6. The predicted molar refractivity (Wildman–Crippen MR) is 112 cm³/mol. The highest BCUT2D eigenvalue weighted by Crippen LogP contribution is 2.23. The van der Waals surface area contributed by atoms with E-state index >= 15 is 0 Å². The number of hydrogen-bond acceptors (Lipinski definition) is 4. The van der Waals surface area contributed by atoms with E-state index in [9.17, 15) is 4.79 Å². The quantitative estimate of drug-likeness (QED) is 0.578. The summed E-state index contributed by atoms with van der Waals surface area (Å²) in [6.07, 6.45) is 1.87. The Morgan fingerprint density at radius 1 is 1.07 bits per heavy atom. The molecule has 28 heavy (non-hydrogen) atoms. The third kappa shape index (κ3) is 4.54. The maximum Gasteiger partial charge on any atom is 0.254 e. The van der Waals surface area contributed by atoms with Gasteiger partial charge in [0.15, 0.2) is 0 Å². The second-order valence-electron chi connectivity index (χ2n) is 6.92. The van der Waals surface area contributed by atoms with Crippen LogP contribution in [0.25, 0.3) is 0 Å².